The van der Waals surface area contributed by atoms with Crippen molar-refractivity contribution in [3.8, 4) is 5.88 Å². The van der Waals surface area contributed by atoms with Gasteiger partial charge in [-0.3, -0.25) is 0 Å². The van der Waals surface area contributed by atoms with Gasteiger partial charge in [-0.2, -0.15) is 4.98 Å². The lowest BCUT2D eigenvalue weighted by Gasteiger charge is -2.02. The first-order valence-corrected chi connectivity index (χ1v) is 6.58. The number of rotatable bonds is 3. The number of aromatic nitrogens is 3. The SMILES string of the molecule is COc1cc(Cc2nc3ccccc3s2)nc(N)n1. The molecule has 0 spiro atoms. The fourth-order valence-electron chi connectivity index (χ4n) is 1.84. The summed E-state index contributed by atoms with van der Waals surface area (Å²) >= 11 is 1.66. The average molecular weight is 272 g/mol. The Morgan fingerprint density at radius 3 is 2.84 bits per heavy atom. The van der Waals surface area contributed by atoms with Gasteiger partial charge in [-0.15, -0.1) is 11.3 Å². The van der Waals surface area contributed by atoms with Crippen LogP contribution < -0.4 is 10.5 Å². The second-order valence-corrected chi connectivity index (χ2v) is 5.13. The van der Waals surface area contributed by atoms with Crippen LogP contribution in [0, 0.1) is 0 Å². The summed E-state index contributed by atoms with van der Waals surface area (Å²) in [6.45, 7) is 0. The van der Waals surface area contributed by atoms with Crippen LogP contribution in [0.2, 0.25) is 0 Å². The van der Waals surface area contributed by atoms with Gasteiger partial charge in [0.25, 0.3) is 0 Å². The number of ether oxygens (including phenoxy) is 1. The van der Waals surface area contributed by atoms with E-state index in [1.54, 1.807) is 24.5 Å². The first-order valence-electron chi connectivity index (χ1n) is 5.76. The number of methoxy groups -OCH3 is 1. The molecule has 0 bridgehead atoms. The van der Waals surface area contributed by atoms with E-state index in [0.29, 0.717) is 12.3 Å². The molecule has 2 N–H and O–H groups in total. The summed E-state index contributed by atoms with van der Waals surface area (Å²) in [5, 5.41) is 1.00. The Kier molecular flexibility index (Phi) is 3.00. The highest BCUT2D eigenvalue weighted by Gasteiger charge is 2.08. The summed E-state index contributed by atoms with van der Waals surface area (Å²) < 4.78 is 6.26. The molecule has 96 valence electrons. The Hall–Kier alpha value is -2.21. The van der Waals surface area contributed by atoms with Gasteiger partial charge in [0.05, 0.1) is 28.0 Å². The van der Waals surface area contributed by atoms with Gasteiger partial charge in [0.1, 0.15) is 0 Å². The third-order valence-electron chi connectivity index (χ3n) is 2.65. The van der Waals surface area contributed by atoms with Crippen LogP contribution in [0.1, 0.15) is 10.7 Å². The van der Waals surface area contributed by atoms with Crippen molar-refractivity contribution in [3.05, 3.63) is 41.0 Å². The molecule has 2 heterocycles. The lowest BCUT2D eigenvalue weighted by atomic mass is 10.3. The number of nitrogen functional groups attached to an aromatic ring is 1. The third-order valence-corrected chi connectivity index (χ3v) is 3.69. The number of anilines is 1. The minimum absolute atomic E-state index is 0.218. The standard InChI is InChI=1S/C13H12N4OS/c1-18-11-6-8(15-13(14)17-11)7-12-16-9-4-2-3-5-10(9)19-12/h2-6H,7H2,1H3,(H2,14,15,17). The predicted molar refractivity (Wildman–Crippen MR) is 75.4 cm³/mol. The summed E-state index contributed by atoms with van der Waals surface area (Å²) in [6, 6.07) is 9.84. The van der Waals surface area contributed by atoms with Crippen LogP contribution in [0.3, 0.4) is 0 Å². The molecule has 0 aliphatic carbocycles. The zero-order chi connectivity index (χ0) is 13.2. The molecular weight excluding hydrogens is 260 g/mol. The van der Waals surface area contributed by atoms with Crippen LogP contribution in [0.5, 0.6) is 5.88 Å². The van der Waals surface area contributed by atoms with Gasteiger partial charge >= 0.3 is 0 Å². The predicted octanol–water partition coefficient (Wildman–Crippen LogP) is 2.27. The molecule has 6 heteroatoms. The number of benzene rings is 1. The second-order valence-electron chi connectivity index (χ2n) is 4.01. The van der Waals surface area contributed by atoms with Gasteiger partial charge < -0.3 is 10.5 Å². The normalized spacial score (nSPS) is 10.8. The number of fused-ring (bicyclic) bond motifs is 1. The first kappa shape index (κ1) is 11.9. The fourth-order valence-corrected chi connectivity index (χ4v) is 2.82. The van der Waals surface area contributed by atoms with Crippen LogP contribution in [0.25, 0.3) is 10.2 Å². The number of hydrogen-bond acceptors (Lipinski definition) is 6. The summed E-state index contributed by atoms with van der Waals surface area (Å²) in [5.74, 6) is 0.694. The third kappa shape index (κ3) is 2.48. The maximum absolute atomic E-state index is 5.64. The molecule has 0 saturated heterocycles. The van der Waals surface area contributed by atoms with Crippen LogP contribution >= 0.6 is 11.3 Å². The molecular formula is C13H12N4OS. The molecule has 0 radical (unpaired) electrons. The average Bonchev–Trinajstić information content (AvgIpc) is 2.80. The fraction of sp³-hybridized carbons (Fsp3) is 0.154. The van der Waals surface area contributed by atoms with Gasteiger partial charge in [0.2, 0.25) is 11.8 Å². The monoisotopic (exact) mass is 272 g/mol. The summed E-state index contributed by atoms with van der Waals surface area (Å²) in [5.41, 5.74) is 7.46. The smallest absolute Gasteiger partial charge is 0.223 e. The summed E-state index contributed by atoms with van der Waals surface area (Å²) in [6.07, 6.45) is 0.627. The van der Waals surface area contributed by atoms with E-state index >= 15 is 0 Å². The Bertz CT molecular complexity index is 692. The van der Waals surface area contributed by atoms with Crippen molar-refractivity contribution in [1.29, 1.82) is 0 Å². The molecule has 5 nitrogen and oxygen atoms in total. The van der Waals surface area contributed by atoms with E-state index in [-0.39, 0.29) is 5.95 Å². The Morgan fingerprint density at radius 1 is 1.21 bits per heavy atom. The molecule has 2 aromatic heterocycles. The van der Waals surface area contributed by atoms with Crippen LogP contribution in [-0.4, -0.2) is 22.1 Å². The molecule has 0 saturated carbocycles. The van der Waals surface area contributed by atoms with Crippen molar-refractivity contribution in [2.75, 3.05) is 12.8 Å². The largest absolute Gasteiger partial charge is 0.481 e. The molecule has 0 aliphatic rings. The van der Waals surface area contributed by atoms with E-state index in [1.807, 2.05) is 18.2 Å². The van der Waals surface area contributed by atoms with E-state index in [4.69, 9.17) is 10.5 Å². The Labute approximate surface area is 114 Å². The maximum Gasteiger partial charge on any atom is 0.223 e. The molecule has 1 aromatic carbocycles. The molecule has 3 rings (SSSR count). The minimum atomic E-state index is 0.218. The lowest BCUT2D eigenvalue weighted by molar-refractivity contribution is 0.397. The van der Waals surface area contributed by atoms with Crippen molar-refractivity contribution in [3.63, 3.8) is 0 Å². The van der Waals surface area contributed by atoms with Crippen LogP contribution in [0.15, 0.2) is 30.3 Å². The minimum Gasteiger partial charge on any atom is -0.481 e. The first-order chi connectivity index (χ1) is 9.24. The van der Waals surface area contributed by atoms with Gasteiger partial charge in [0.15, 0.2) is 0 Å². The van der Waals surface area contributed by atoms with Crippen molar-refractivity contribution >= 4 is 27.5 Å². The molecule has 0 atom stereocenters. The highest BCUT2D eigenvalue weighted by atomic mass is 32.1. The number of nitrogens with two attached hydrogens (primary N) is 1. The van der Waals surface area contributed by atoms with Crippen molar-refractivity contribution < 1.29 is 4.74 Å². The number of para-hydroxylation sites is 1. The zero-order valence-corrected chi connectivity index (χ0v) is 11.1. The van der Waals surface area contributed by atoms with Crippen molar-refractivity contribution in [2.45, 2.75) is 6.42 Å². The van der Waals surface area contributed by atoms with Crippen molar-refractivity contribution in [1.82, 2.24) is 15.0 Å². The quantitative estimate of drug-likeness (QED) is 0.791. The van der Waals surface area contributed by atoms with E-state index < -0.39 is 0 Å². The zero-order valence-electron chi connectivity index (χ0n) is 10.3. The molecule has 3 aromatic rings. The Morgan fingerprint density at radius 2 is 2.05 bits per heavy atom. The molecule has 0 fully saturated rings. The maximum atomic E-state index is 5.64. The topological polar surface area (TPSA) is 73.9 Å². The van der Waals surface area contributed by atoms with E-state index in [1.165, 1.54) is 4.70 Å². The lowest BCUT2D eigenvalue weighted by Crippen LogP contribution is -2.01. The van der Waals surface area contributed by atoms with E-state index in [9.17, 15) is 0 Å². The van der Waals surface area contributed by atoms with Gasteiger partial charge in [-0.25, -0.2) is 9.97 Å². The van der Waals surface area contributed by atoms with Gasteiger partial charge in [0, 0.05) is 12.5 Å². The molecule has 0 amide bonds. The molecule has 0 aliphatic heterocycles. The van der Waals surface area contributed by atoms with Crippen molar-refractivity contribution in [2.24, 2.45) is 0 Å². The summed E-state index contributed by atoms with van der Waals surface area (Å²) in [4.78, 5) is 12.7. The molecule has 0 unspecified atom stereocenters. The highest BCUT2D eigenvalue weighted by Crippen LogP contribution is 2.24. The number of thiazole rings is 1. The van der Waals surface area contributed by atoms with Gasteiger partial charge in [-0.05, 0) is 12.1 Å². The van der Waals surface area contributed by atoms with Gasteiger partial charge in [-0.1, -0.05) is 12.1 Å². The highest BCUT2D eigenvalue weighted by molar-refractivity contribution is 7.18. The number of nitrogens with zero attached hydrogens (tertiary/aromatic N) is 3. The summed E-state index contributed by atoms with van der Waals surface area (Å²) in [7, 11) is 1.56. The second kappa shape index (κ2) is 4.81. The van der Waals surface area contributed by atoms with Crippen LogP contribution in [0.4, 0.5) is 5.95 Å². The van der Waals surface area contributed by atoms with E-state index in [0.717, 1.165) is 16.2 Å². The van der Waals surface area contributed by atoms with Crippen LogP contribution in [-0.2, 0) is 6.42 Å². The Balaban J connectivity index is 1.94. The van der Waals surface area contributed by atoms with E-state index in [2.05, 4.69) is 21.0 Å². The molecule has 19 heavy (non-hydrogen) atoms. The number of hydrogen-bond donors (Lipinski definition) is 1.